The van der Waals surface area contributed by atoms with Gasteiger partial charge in [-0.3, -0.25) is 4.79 Å². The number of amides is 1. The molecule has 0 heterocycles. The Hall–Kier alpha value is -2.00. The van der Waals surface area contributed by atoms with Crippen LogP contribution >= 0.6 is 11.6 Å². The topological polar surface area (TPSA) is 38.3 Å². The van der Waals surface area contributed by atoms with Gasteiger partial charge < -0.3 is 10.1 Å². The fourth-order valence-corrected chi connectivity index (χ4v) is 3.91. The van der Waals surface area contributed by atoms with Crippen molar-refractivity contribution in [3.63, 3.8) is 0 Å². The predicted octanol–water partition coefficient (Wildman–Crippen LogP) is 5.50. The molecule has 1 fully saturated rings. The van der Waals surface area contributed by atoms with Gasteiger partial charge in [-0.15, -0.1) is 0 Å². The van der Waals surface area contributed by atoms with Crippen molar-refractivity contribution in [1.29, 1.82) is 0 Å². The van der Waals surface area contributed by atoms with Crippen LogP contribution in [0.3, 0.4) is 0 Å². The van der Waals surface area contributed by atoms with E-state index in [0.717, 1.165) is 31.2 Å². The summed E-state index contributed by atoms with van der Waals surface area (Å²) in [5.41, 5.74) is 2.55. The quantitative estimate of drug-likeness (QED) is 0.767. The van der Waals surface area contributed by atoms with E-state index in [1.807, 2.05) is 19.1 Å². The van der Waals surface area contributed by atoms with Crippen molar-refractivity contribution in [1.82, 2.24) is 0 Å². The first-order chi connectivity index (χ1) is 12.0. The van der Waals surface area contributed by atoms with Crippen molar-refractivity contribution in [2.45, 2.75) is 44.9 Å². The lowest BCUT2D eigenvalue weighted by Crippen LogP contribution is -2.38. The Kier molecular flexibility index (Phi) is 5.33. The van der Waals surface area contributed by atoms with Gasteiger partial charge in [-0.1, -0.05) is 54.3 Å². The van der Waals surface area contributed by atoms with E-state index in [9.17, 15) is 4.79 Å². The summed E-state index contributed by atoms with van der Waals surface area (Å²) < 4.78 is 5.45. The average Bonchev–Trinajstić information content (AvgIpc) is 3.08. The van der Waals surface area contributed by atoms with Gasteiger partial charge in [-0.05, 0) is 50.5 Å². The zero-order chi connectivity index (χ0) is 17.9. The maximum Gasteiger partial charge on any atom is 0.235 e. The van der Waals surface area contributed by atoms with E-state index in [0.29, 0.717) is 23.1 Å². The molecule has 0 aliphatic heterocycles. The van der Waals surface area contributed by atoms with Gasteiger partial charge in [-0.2, -0.15) is 0 Å². The van der Waals surface area contributed by atoms with Gasteiger partial charge in [0.15, 0.2) is 0 Å². The van der Waals surface area contributed by atoms with Gasteiger partial charge in [0.2, 0.25) is 5.91 Å². The molecule has 1 amide bonds. The second-order valence-corrected chi connectivity index (χ2v) is 7.10. The van der Waals surface area contributed by atoms with Crippen LogP contribution < -0.4 is 10.1 Å². The van der Waals surface area contributed by atoms with Crippen LogP contribution in [0.1, 0.15) is 43.7 Å². The van der Waals surface area contributed by atoms with E-state index >= 15 is 0 Å². The van der Waals surface area contributed by atoms with Crippen LogP contribution in [0.2, 0.25) is 5.02 Å². The summed E-state index contributed by atoms with van der Waals surface area (Å²) in [4.78, 5) is 13.2. The molecule has 0 spiro atoms. The predicted molar refractivity (Wildman–Crippen MR) is 103 cm³/mol. The summed E-state index contributed by atoms with van der Waals surface area (Å²) in [5.74, 6) is 0.687. The molecule has 0 radical (unpaired) electrons. The van der Waals surface area contributed by atoms with Crippen LogP contribution in [-0.4, -0.2) is 12.5 Å². The van der Waals surface area contributed by atoms with E-state index in [4.69, 9.17) is 16.3 Å². The van der Waals surface area contributed by atoms with Gasteiger partial charge in [0.1, 0.15) is 5.75 Å². The van der Waals surface area contributed by atoms with Crippen molar-refractivity contribution in [2.75, 3.05) is 11.9 Å². The highest BCUT2D eigenvalue weighted by molar-refractivity contribution is 6.32. The molecule has 1 saturated carbocycles. The Morgan fingerprint density at radius 2 is 1.96 bits per heavy atom. The summed E-state index contributed by atoms with van der Waals surface area (Å²) in [6, 6.07) is 13.7. The summed E-state index contributed by atoms with van der Waals surface area (Å²) in [6.07, 6.45) is 3.91. The van der Waals surface area contributed by atoms with Gasteiger partial charge >= 0.3 is 0 Å². The molecule has 4 heteroatoms. The average molecular weight is 358 g/mol. The van der Waals surface area contributed by atoms with Gasteiger partial charge in [0.05, 0.1) is 17.0 Å². The van der Waals surface area contributed by atoms with Crippen molar-refractivity contribution in [3.05, 3.63) is 58.6 Å². The van der Waals surface area contributed by atoms with Gasteiger partial charge in [-0.25, -0.2) is 0 Å². The number of aryl methyl sites for hydroxylation is 1. The lowest BCUT2D eigenvalue weighted by Gasteiger charge is -2.28. The molecule has 2 aromatic carbocycles. The number of ether oxygens (including phenoxy) is 1. The van der Waals surface area contributed by atoms with E-state index in [2.05, 4.69) is 30.4 Å². The number of carbonyl (C=O) groups excluding carboxylic acids is 1. The molecule has 1 N–H and O–H groups in total. The molecule has 132 valence electrons. The molecule has 0 bridgehead atoms. The van der Waals surface area contributed by atoms with Crippen LogP contribution in [0.15, 0.2) is 42.5 Å². The van der Waals surface area contributed by atoms with Crippen molar-refractivity contribution >= 4 is 23.2 Å². The third kappa shape index (κ3) is 3.67. The minimum atomic E-state index is -0.447. The zero-order valence-corrected chi connectivity index (χ0v) is 15.5. The van der Waals surface area contributed by atoms with Crippen molar-refractivity contribution in [2.24, 2.45) is 0 Å². The van der Waals surface area contributed by atoms with E-state index < -0.39 is 5.41 Å². The van der Waals surface area contributed by atoms with E-state index in [-0.39, 0.29) is 5.91 Å². The minimum absolute atomic E-state index is 0.0517. The van der Waals surface area contributed by atoms with Crippen LogP contribution in [-0.2, 0) is 10.2 Å². The number of rotatable bonds is 5. The minimum Gasteiger partial charge on any atom is -0.492 e. The molecule has 3 nitrogen and oxygen atoms in total. The molecular formula is C21H24ClNO2. The molecule has 0 saturated heterocycles. The van der Waals surface area contributed by atoms with Crippen molar-refractivity contribution < 1.29 is 9.53 Å². The number of anilines is 1. The maximum absolute atomic E-state index is 13.2. The molecular weight excluding hydrogens is 334 g/mol. The van der Waals surface area contributed by atoms with E-state index in [1.165, 1.54) is 5.56 Å². The first-order valence-electron chi connectivity index (χ1n) is 8.86. The Bertz CT molecular complexity index is 766. The lowest BCUT2D eigenvalue weighted by molar-refractivity contribution is -0.121. The molecule has 1 aliphatic carbocycles. The molecule has 1 aliphatic rings. The highest BCUT2D eigenvalue weighted by Gasteiger charge is 2.42. The van der Waals surface area contributed by atoms with Crippen LogP contribution in [0.5, 0.6) is 5.75 Å². The Morgan fingerprint density at radius 1 is 1.20 bits per heavy atom. The fraction of sp³-hybridized carbons (Fsp3) is 0.381. The summed E-state index contributed by atoms with van der Waals surface area (Å²) >= 11 is 6.25. The monoisotopic (exact) mass is 357 g/mol. The highest BCUT2D eigenvalue weighted by atomic mass is 35.5. The standard InChI is InChI=1S/C21H24ClNO2/c1-3-25-19-10-9-17(14-18(19)22)23-20(24)21(11-4-5-12-21)16-8-6-7-15(2)13-16/h6-10,13-14H,3-5,11-12H2,1-2H3,(H,23,24). The second-order valence-electron chi connectivity index (χ2n) is 6.69. The summed E-state index contributed by atoms with van der Waals surface area (Å²) in [5, 5.41) is 3.58. The smallest absolute Gasteiger partial charge is 0.235 e. The first kappa shape index (κ1) is 17.8. The summed E-state index contributed by atoms with van der Waals surface area (Å²) in [7, 11) is 0. The van der Waals surface area contributed by atoms with Crippen LogP contribution in [0, 0.1) is 6.92 Å². The number of nitrogens with one attached hydrogen (secondary N) is 1. The molecule has 0 aromatic heterocycles. The summed E-state index contributed by atoms with van der Waals surface area (Å²) in [6.45, 7) is 4.54. The molecule has 3 rings (SSSR count). The second kappa shape index (κ2) is 7.49. The first-order valence-corrected chi connectivity index (χ1v) is 9.24. The number of benzene rings is 2. The SMILES string of the molecule is CCOc1ccc(NC(=O)C2(c3cccc(C)c3)CCCC2)cc1Cl. The molecule has 0 unspecified atom stereocenters. The number of hydrogen-bond acceptors (Lipinski definition) is 2. The number of hydrogen-bond donors (Lipinski definition) is 1. The number of carbonyl (C=O) groups is 1. The number of halogens is 1. The molecule has 0 atom stereocenters. The third-order valence-electron chi connectivity index (χ3n) is 4.95. The van der Waals surface area contributed by atoms with Crippen LogP contribution in [0.4, 0.5) is 5.69 Å². The molecule has 25 heavy (non-hydrogen) atoms. The fourth-order valence-electron chi connectivity index (χ4n) is 3.67. The normalized spacial score (nSPS) is 15.8. The molecule has 2 aromatic rings. The zero-order valence-electron chi connectivity index (χ0n) is 14.8. The van der Waals surface area contributed by atoms with Crippen LogP contribution in [0.25, 0.3) is 0 Å². The van der Waals surface area contributed by atoms with Gasteiger partial charge in [0.25, 0.3) is 0 Å². The third-order valence-corrected chi connectivity index (χ3v) is 5.25. The lowest BCUT2D eigenvalue weighted by atomic mass is 9.77. The Balaban J connectivity index is 1.86. The Morgan fingerprint density at radius 3 is 2.60 bits per heavy atom. The Labute approximate surface area is 154 Å². The maximum atomic E-state index is 13.2. The van der Waals surface area contributed by atoms with Gasteiger partial charge in [0, 0.05) is 5.69 Å². The largest absolute Gasteiger partial charge is 0.492 e. The van der Waals surface area contributed by atoms with Crippen molar-refractivity contribution in [3.8, 4) is 5.75 Å². The van der Waals surface area contributed by atoms with E-state index in [1.54, 1.807) is 12.1 Å². The highest BCUT2D eigenvalue weighted by Crippen LogP contribution is 2.42.